The van der Waals surface area contributed by atoms with Gasteiger partial charge in [0.05, 0.1) is 17.8 Å². The highest BCUT2D eigenvalue weighted by atomic mass is 19.1. The molecule has 3 rings (SSSR count). The number of carbonyl (C=O) groups is 2. The summed E-state index contributed by atoms with van der Waals surface area (Å²) in [4.78, 5) is 25.3. The van der Waals surface area contributed by atoms with Gasteiger partial charge in [-0.15, -0.1) is 5.10 Å². The molecular formula is C24H29FN4O3. The zero-order chi connectivity index (χ0) is 23.4. The lowest BCUT2D eigenvalue weighted by molar-refractivity contribution is 0.0651. The number of ketones is 1. The van der Waals surface area contributed by atoms with E-state index in [9.17, 15) is 14.0 Å². The number of rotatable bonds is 6. The van der Waals surface area contributed by atoms with Gasteiger partial charge in [0.25, 0.3) is 0 Å². The number of allylic oxidation sites excluding steroid dienone is 1. The van der Waals surface area contributed by atoms with E-state index in [0.717, 1.165) is 18.5 Å². The molecule has 2 heterocycles. The summed E-state index contributed by atoms with van der Waals surface area (Å²) in [6.07, 6.45) is 4.46. The van der Waals surface area contributed by atoms with Crippen LogP contribution in [0.3, 0.4) is 0 Å². The molecule has 0 saturated carbocycles. The standard InChI is InChI=1S/C24H29FN4O3/c1-6-23-22(13-16(4)20-8-7-18(17(5)30)14-21(20)25)26-27-29(23)19-9-11-28(12-10-19)24(31)32-15(2)3/h6-8,13-15,19H,1,9-12H2,2-5H3/b16-13+. The molecule has 0 aliphatic carbocycles. The Labute approximate surface area is 187 Å². The Balaban J connectivity index is 1.78. The topological polar surface area (TPSA) is 77.3 Å². The number of likely N-dealkylation sites (tertiary alicyclic amines) is 1. The van der Waals surface area contributed by atoms with Crippen LogP contribution in [0.1, 0.15) is 73.9 Å². The number of benzene rings is 1. The van der Waals surface area contributed by atoms with Gasteiger partial charge >= 0.3 is 6.09 Å². The van der Waals surface area contributed by atoms with Gasteiger partial charge in [0.2, 0.25) is 0 Å². The van der Waals surface area contributed by atoms with Crippen molar-refractivity contribution in [2.24, 2.45) is 0 Å². The number of halogens is 1. The van der Waals surface area contributed by atoms with E-state index >= 15 is 0 Å². The van der Waals surface area contributed by atoms with E-state index in [0.29, 0.717) is 35.5 Å². The molecule has 1 aromatic heterocycles. The fourth-order valence-corrected chi connectivity index (χ4v) is 3.79. The minimum absolute atomic E-state index is 0.0765. The minimum atomic E-state index is -0.459. The van der Waals surface area contributed by atoms with Gasteiger partial charge in [0.1, 0.15) is 11.5 Å². The minimum Gasteiger partial charge on any atom is -0.447 e. The normalized spacial score (nSPS) is 15.2. The number of nitrogens with zero attached hydrogens (tertiary/aromatic N) is 4. The summed E-state index contributed by atoms with van der Waals surface area (Å²) in [7, 11) is 0. The van der Waals surface area contributed by atoms with Gasteiger partial charge < -0.3 is 9.64 Å². The second-order valence-electron chi connectivity index (χ2n) is 8.24. The molecule has 1 saturated heterocycles. The van der Waals surface area contributed by atoms with Crippen molar-refractivity contribution in [2.75, 3.05) is 13.1 Å². The van der Waals surface area contributed by atoms with E-state index in [2.05, 4.69) is 16.9 Å². The van der Waals surface area contributed by atoms with Gasteiger partial charge in [-0.2, -0.15) is 0 Å². The van der Waals surface area contributed by atoms with Gasteiger partial charge in [-0.05, 0) is 64.3 Å². The summed E-state index contributed by atoms with van der Waals surface area (Å²) >= 11 is 0. The number of ether oxygens (including phenoxy) is 1. The highest BCUT2D eigenvalue weighted by Gasteiger charge is 2.27. The van der Waals surface area contributed by atoms with E-state index in [-0.39, 0.29) is 24.0 Å². The Morgan fingerprint density at radius 3 is 2.50 bits per heavy atom. The van der Waals surface area contributed by atoms with Crippen molar-refractivity contribution in [3.63, 3.8) is 0 Å². The first-order valence-electron chi connectivity index (χ1n) is 10.7. The highest BCUT2D eigenvalue weighted by molar-refractivity contribution is 5.94. The lowest BCUT2D eigenvalue weighted by Crippen LogP contribution is -2.40. The van der Waals surface area contributed by atoms with Crippen molar-refractivity contribution in [2.45, 2.75) is 52.7 Å². The molecule has 0 atom stereocenters. The zero-order valence-electron chi connectivity index (χ0n) is 19.0. The van der Waals surface area contributed by atoms with E-state index in [1.807, 2.05) is 18.5 Å². The van der Waals surface area contributed by atoms with Crippen LogP contribution < -0.4 is 0 Å². The third-order valence-corrected chi connectivity index (χ3v) is 5.51. The summed E-state index contributed by atoms with van der Waals surface area (Å²) in [6.45, 7) is 11.9. The number of amides is 1. The molecule has 0 N–H and O–H groups in total. The number of aromatic nitrogens is 3. The second kappa shape index (κ2) is 9.89. The smallest absolute Gasteiger partial charge is 0.410 e. The summed E-state index contributed by atoms with van der Waals surface area (Å²) in [5.74, 6) is -0.642. The molecule has 170 valence electrons. The van der Waals surface area contributed by atoms with Crippen molar-refractivity contribution in [3.05, 3.63) is 53.1 Å². The molecule has 2 aromatic rings. The largest absolute Gasteiger partial charge is 0.447 e. The number of hydrogen-bond donors (Lipinski definition) is 0. The van der Waals surface area contributed by atoms with Crippen molar-refractivity contribution in [3.8, 4) is 0 Å². The average molecular weight is 441 g/mol. The van der Waals surface area contributed by atoms with Gasteiger partial charge in [0.15, 0.2) is 5.78 Å². The molecule has 0 unspecified atom stereocenters. The number of carbonyl (C=O) groups excluding carboxylic acids is 2. The summed E-state index contributed by atoms with van der Waals surface area (Å²) in [5.41, 5.74) is 2.73. The van der Waals surface area contributed by atoms with Crippen LogP contribution in [-0.2, 0) is 4.74 Å². The molecule has 1 aromatic carbocycles. The molecule has 7 nitrogen and oxygen atoms in total. The average Bonchev–Trinajstić information content (AvgIpc) is 3.15. The Kier molecular flexibility index (Phi) is 7.22. The summed E-state index contributed by atoms with van der Waals surface area (Å²) in [6, 6.07) is 4.54. The lowest BCUT2D eigenvalue weighted by atomic mass is 10.0. The molecule has 0 spiro atoms. The monoisotopic (exact) mass is 440 g/mol. The fraction of sp³-hybridized carbons (Fsp3) is 0.417. The molecule has 0 bridgehead atoms. The third-order valence-electron chi connectivity index (χ3n) is 5.51. The molecule has 1 aliphatic heterocycles. The fourth-order valence-electron chi connectivity index (χ4n) is 3.79. The maximum atomic E-state index is 14.5. The van der Waals surface area contributed by atoms with E-state index in [4.69, 9.17) is 4.74 Å². The summed E-state index contributed by atoms with van der Waals surface area (Å²) in [5, 5.41) is 8.59. The third kappa shape index (κ3) is 5.12. The molecule has 8 heteroatoms. The zero-order valence-corrected chi connectivity index (χ0v) is 19.0. The number of hydrogen-bond acceptors (Lipinski definition) is 5. The van der Waals surface area contributed by atoms with E-state index < -0.39 is 5.82 Å². The SMILES string of the molecule is C=Cc1c(/C=C(\C)c2ccc(C(C)=O)cc2F)nnn1C1CCN(C(=O)OC(C)C)CC1. The van der Waals surface area contributed by atoms with Crippen LogP contribution in [0.25, 0.3) is 17.7 Å². The molecule has 1 fully saturated rings. The predicted molar refractivity (Wildman–Crippen MR) is 122 cm³/mol. The Morgan fingerprint density at radius 1 is 1.25 bits per heavy atom. The van der Waals surface area contributed by atoms with E-state index in [1.54, 1.807) is 36.1 Å². The van der Waals surface area contributed by atoms with Crippen LogP contribution in [0.4, 0.5) is 9.18 Å². The Hall–Kier alpha value is -3.29. The molecule has 1 amide bonds. The number of piperidine rings is 1. The maximum Gasteiger partial charge on any atom is 0.410 e. The molecule has 0 radical (unpaired) electrons. The van der Waals surface area contributed by atoms with Crippen molar-refractivity contribution < 1.29 is 18.7 Å². The first-order chi connectivity index (χ1) is 15.2. The van der Waals surface area contributed by atoms with Gasteiger partial charge in [0, 0.05) is 24.2 Å². The van der Waals surface area contributed by atoms with Crippen LogP contribution >= 0.6 is 0 Å². The van der Waals surface area contributed by atoms with Crippen molar-refractivity contribution >= 4 is 29.6 Å². The first-order valence-corrected chi connectivity index (χ1v) is 10.7. The molecule has 32 heavy (non-hydrogen) atoms. The second-order valence-corrected chi connectivity index (χ2v) is 8.24. The molecular weight excluding hydrogens is 411 g/mol. The van der Waals surface area contributed by atoms with Crippen LogP contribution in [-0.4, -0.2) is 51.0 Å². The quantitative estimate of drug-likeness (QED) is 0.591. The van der Waals surface area contributed by atoms with Crippen LogP contribution in [0, 0.1) is 5.82 Å². The Bertz CT molecular complexity index is 1050. The van der Waals surface area contributed by atoms with Gasteiger partial charge in [-0.3, -0.25) is 4.79 Å². The lowest BCUT2D eigenvalue weighted by Gasteiger charge is -2.32. The maximum absolute atomic E-state index is 14.5. The Morgan fingerprint density at radius 2 is 1.94 bits per heavy atom. The van der Waals surface area contributed by atoms with Crippen LogP contribution in [0.2, 0.25) is 0 Å². The first kappa shape index (κ1) is 23.4. The predicted octanol–water partition coefficient (Wildman–Crippen LogP) is 5.01. The van der Waals surface area contributed by atoms with Crippen LogP contribution in [0.15, 0.2) is 24.8 Å². The van der Waals surface area contributed by atoms with Crippen LogP contribution in [0.5, 0.6) is 0 Å². The summed E-state index contributed by atoms with van der Waals surface area (Å²) < 4.78 is 21.6. The molecule has 1 aliphatic rings. The van der Waals surface area contributed by atoms with Crippen molar-refractivity contribution in [1.82, 2.24) is 19.9 Å². The highest BCUT2D eigenvalue weighted by Crippen LogP contribution is 2.27. The number of Topliss-reactive ketones (excluding diaryl/α,β-unsaturated/α-hetero) is 1. The van der Waals surface area contributed by atoms with E-state index in [1.165, 1.54) is 13.0 Å². The van der Waals surface area contributed by atoms with Gasteiger partial charge in [-0.1, -0.05) is 23.9 Å². The van der Waals surface area contributed by atoms with Gasteiger partial charge in [-0.25, -0.2) is 13.9 Å². The van der Waals surface area contributed by atoms with Crippen molar-refractivity contribution in [1.29, 1.82) is 0 Å².